The van der Waals surface area contributed by atoms with Crippen molar-refractivity contribution in [2.75, 3.05) is 39.3 Å². The Morgan fingerprint density at radius 1 is 0.833 bits per heavy atom. The molecule has 158 valence electrons. The van der Waals surface area contributed by atoms with Crippen molar-refractivity contribution in [3.8, 4) is 11.1 Å². The van der Waals surface area contributed by atoms with Gasteiger partial charge in [-0.1, -0.05) is 42.5 Å². The molecule has 0 spiro atoms. The van der Waals surface area contributed by atoms with Gasteiger partial charge in [-0.15, -0.1) is 0 Å². The summed E-state index contributed by atoms with van der Waals surface area (Å²) in [7, 11) is 0. The van der Waals surface area contributed by atoms with Gasteiger partial charge in [-0.25, -0.2) is 0 Å². The minimum Gasteiger partial charge on any atom is -0.339 e. The Balaban J connectivity index is 1.29. The van der Waals surface area contributed by atoms with E-state index in [0.717, 1.165) is 49.2 Å². The summed E-state index contributed by atoms with van der Waals surface area (Å²) in [4.78, 5) is 31.7. The molecule has 0 aromatic heterocycles. The van der Waals surface area contributed by atoms with Crippen LogP contribution in [-0.4, -0.2) is 71.8 Å². The van der Waals surface area contributed by atoms with Crippen LogP contribution >= 0.6 is 0 Å². The Bertz CT molecular complexity index is 858. The highest BCUT2D eigenvalue weighted by molar-refractivity contribution is 5.94. The zero-order valence-corrected chi connectivity index (χ0v) is 17.8. The van der Waals surface area contributed by atoms with Gasteiger partial charge in [0.2, 0.25) is 5.91 Å². The topological polar surface area (TPSA) is 43.9 Å². The average Bonchev–Trinajstić information content (AvgIpc) is 2.80. The van der Waals surface area contributed by atoms with Crippen LogP contribution in [0.1, 0.15) is 36.5 Å². The summed E-state index contributed by atoms with van der Waals surface area (Å²) in [5, 5.41) is 0. The van der Waals surface area contributed by atoms with Crippen molar-refractivity contribution in [1.82, 2.24) is 14.7 Å². The Morgan fingerprint density at radius 2 is 1.50 bits per heavy atom. The number of rotatable bonds is 4. The number of carbonyl (C=O) groups excluding carboxylic acids is 2. The second-order valence-corrected chi connectivity index (χ2v) is 8.44. The first-order valence-corrected chi connectivity index (χ1v) is 11.1. The van der Waals surface area contributed by atoms with Crippen molar-refractivity contribution < 1.29 is 9.59 Å². The minimum atomic E-state index is 0.0743. The number of nitrogens with zero attached hydrogens (tertiary/aromatic N) is 3. The fraction of sp³-hybridized carbons (Fsp3) is 0.440. The average molecular weight is 406 g/mol. The van der Waals surface area contributed by atoms with Crippen molar-refractivity contribution in [1.29, 1.82) is 0 Å². The van der Waals surface area contributed by atoms with Gasteiger partial charge in [-0.2, -0.15) is 0 Å². The lowest BCUT2D eigenvalue weighted by Crippen LogP contribution is -2.53. The quantitative estimate of drug-likeness (QED) is 0.782. The fourth-order valence-electron chi connectivity index (χ4n) is 4.48. The van der Waals surface area contributed by atoms with Crippen LogP contribution in [0.25, 0.3) is 11.1 Å². The van der Waals surface area contributed by atoms with E-state index >= 15 is 0 Å². The van der Waals surface area contributed by atoms with Crippen LogP contribution < -0.4 is 0 Å². The molecule has 5 heteroatoms. The van der Waals surface area contributed by atoms with Crippen LogP contribution in [0.5, 0.6) is 0 Å². The molecule has 30 heavy (non-hydrogen) atoms. The molecule has 0 saturated carbocycles. The third-order valence-electron chi connectivity index (χ3n) is 6.38. The van der Waals surface area contributed by atoms with Gasteiger partial charge in [0.15, 0.2) is 0 Å². The predicted octanol–water partition coefficient (Wildman–Crippen LogP) is 3.51. The summed E-state index contributed by atoms with van der Waals surface area (Å²) in [5.41, 5.74) is 2.99. The molecular formula is C25H31N3O2. The summed E-state index contributed by atoms with van der Waals surface area (Å²) >= 11 is 0. The molecule has 4 rings (SSSR count). The van der Waals surface area contributed by atoms with E-state index in [9.17, 15) is 9.59 Å². The lowest BCUT2D eigenvalue weighted by atomic mass is 10.0. The van der Waals surface area contributed by atoms with Crippen molar-refractivity contribution in [3.63, 3.8) is 0 Å². The molecule has 2 aliphatic rings. The van der Waals surface area contributed by atoms with Gasteiger partial charge in [-0.05, 0) is 49.4 Å². The zero-order valence-electron chi connectivity index (χ0n) is 17.8. The maximum atomic E-state index is 12.9. The third kappa shape index (κ3) is 4.73. The molecule has 0 radical (unpaired) electrons. The lowest BCUT2D eigenvalue weighted by Gasteiger charge is -2.38. The lowest BCUT2D eigenvalue weighted by molar-refractivity contribution is -0.136. The van der Waals surface area contributed by atoms with Crippen LogP contribution in [-0.2, 0) is 4.79 Å². The number of amides is 2. The SMILES string of the molecule is C[C@@H]1CCCCN1C(=O)CN1CCN(C(=O)c2ccc(-c3ccccc3)cc2)CC1. The molecule has 2 saturated heterocycles. The van der Waals surface area contributed by atoms with Gasteiger partial charge in [0, 0.05) is 44.3 Å². The molecule has 1 atom stereocenters. The number of hydrogen-bond acceptors (Lipinski definition) is 3. The smallest absolute Gasteiger partial charge is 0.253 e. The van der Waals surface area contributed by atoms with Crippen LogP contribution in [0.2, 0.25) is 0 Å². The van der Waals surface area contributed by atoms with E-state index in [2.05, 4.69) is 24.0 Å². The van der Waals surface area contributed by atoms with Gasteiger partial charge in [-0.3, -0.25) is 14.5 Å². The highest BCUT2D eigenvalue weighted by Gasteiger charge is 2.27. The molecule has 2 heterocycles. The molecule has 2 aromatic rings. The zero-order chi connectivity index (χ0) is 20.9. The van der Waals surface area contributed by atoms with E-state index in [1.165, 1.54) is 6.42 Å². The fourth-order valence-corrected chi connectivity index (χ4v) is 4.48. The summed E-state index contributed by atoms with van der Waals surface area (Å²) in [5.74, 6) is 0.309. The van der Waals surface area contributed by atoms with E-state index in [1.54, 1.807) is 0 Å². The van der Waals surface area contributed by atoms with E-state index < -0.39 is 0 Å². The second kappa shape index (κ2) is 9.43. The Labute approximate surface area is 179 Å². The standard InChI is InChI=1S/C25H31N3O2/c1-20-7-5-6-14-28(20)24(29)19-26-15-17-27(18-16-26)25(30)23-12-10-22(11-13-23)21-8-3-2-4-9-21/h2-4,8-13,20H,5-7,14-19H2,1H3/t20-/m1/s1. The molecule has 5 nitrogen and oxygen atoms in total. The summed E-state index contributed by atoms with van der Waals surface area (Å²) in [6, 6.07) is 18.4. The van der Waals surface area contributed by atoms with E-state index in [-0.39, 0.29) is 11.8 Å². The minimum absolute atomic E-state index is 0.0743. The van der Waals surface area contributed by atoms with Gasteiger partial charge >= 0.3 is 0 Å². The van der Waals surface area contributed by atoms with Crippen LogP contribution in [0.3, 0.4) is 0 Å². The maximum absolute atomic E-state index is 12.9. The van der Waals surface area contributed by atoms with Gasteiger partial charge in [0.1, 0.15) is 0 Å². The summed E-state index contributed by atoms with van der Waals surface area (Å²) in [6.45, 7) is 6.35. The highest BCUT2D eigenvalue weighted by Crippen LogP contribution is 2.20. The Kier molecular flexibility index (Phi) is 6.48. The number of piperidine rings is 1. The van der Waals surface area contributed by atoms with Crippen molar-refractivity contribution >= 4 is 11.8 Å². The van der Waals surface area contributed by atoms with Crippen LogP contribution in [0, 0.1) is 0 Å². The molecule has 0 unspecified atom stereocenters. The largest absolute Gasteiger partial charge is 0.339 e. The van der Waals surface area contributed by atoms with Gasteiger partial charge in [0.25, 0.3) is 5.91 Å². The molecule has 2 aromatic carbocycles. The number of likely N-dealkylation sites (tertiary alicyclic amines) is 1. The molecule has 2 amide bonds. The van der Waals surface area contributed by atoms with Gasteiger partial charge < -0.3 is 9.80 Å². The molecule has 0 bridgehead atoms. The number of carbonyl (C=O) groups is 2. The monoisotopic (exact) mass is 405 g/mol. The van der Waals surface area contributed by atoms with Crippen LogP contribution in [0.4, 0.5) is 0 Å². The molecule has 2 aliphatic heterocycles. The normalized spacial score (nSPS) is 20.2. The van der Waals surface area contributed by atoms with E-state index in [4.69, 9.17) is 0 Å². The van der Waals surface area contributed by atoms with Gasteiger partial charge in [0.05, 0.1) is 6.54 Å². The molecule has 2 fully saturated rings. The predicted molar refractivity (Wildman–Crippen MR) is 119 cm³/mol. The van der Waals surface area contributed by atoms with Crippen LogP contribution in [0.15, 0.2) is 54.6 Å². The summed E-state index contributed by atoms with van der Waals surface area (Å²) < 4.78 is 0. The maximum Gasteiger partial charge on any atom is 0.253 e. The highest BCUT2D eigenvalue weighted by atomic mass is 16.2. The van der Waals surface area contributed by atoms with Crippen molar-refractivity contribution in [2.45, 2.75) is 32.2 Å². The van der Waals surface area contributed by atoms with E-state index in [0.29, 0.717) is 25.7 Å². The first-order valence-electron chi connectivity index (χ1n) is 11.1. The first-order chi connectivity index (χ1) is 14.6. The molecule has 0 aliphatic carbocycles. The molecule has 0 N–H and O–H groups in total. The Hall–Kier alpha value is -2.66. The number of piperazine rings is 1. The van der Waals surface area contributed by atoms with Crippen molar-refractivity contribution in [2.24, 2.45) is 0 Å². The second-order valence-electron chi connectivity index (χ2n) is 8.44. The summed E-state index contributed by atoms with van der Waals surface area (Å²) in [6.07, 6.45) is 3.44. The van der Waals surface area contributed by atoms with E-state index in [1.807, 2.05) is 52.3 Å². The van der Waals surface area contributed by atoms with Crippen molar-refractivity contribution in [3.05, 3.63) is 60.2 Å². The Morgan fingerprint density at radius 3 is 2.17 bits per heavy atom. The number of hydrogen-bond donors (Lipinski definition) is 0. The molecular weight excluding hydrogens is 374 g/mol. The third-order valence-corrected chi connectivity index (χ3v) is 6.38. The number of benzene rings is 2. The first kappa shape index (κ1) is 20.6.